The van der Waals surface area contributed by atoms with Crippen LogP contribution in [0.1, 0.15) is 35.6 Å². The lowest BCUT2D eigenvalue weighted by atomic mass is 9.90. The monoisotopic (exact) mass is 393 g/mol. The van der Waals surface area contributed by atoms with Gasteiger partial charge in [-0.2, -0.15) is 13.2 Å². The number of alkyl halides is 3. The van der Waals surface area contributed by atoms with Crippen LogP contribution in [0.3, 0.4) is 0 Å². The lowest BCUT2D eigenvalue weighted by Crippen LogP contribution is -2.39. The summed E-state index contributed by atoms with van der Waals surface area (Å²) in [5, 5.41) is 9.23. The molecule has 4 nitrogen and oxygen atoms in total. The molecular formula is C21H22F3NO3. The first-order valence-electron chi connectivity index (χ1n) is 9.07. The van der Waals surface area contributed by atoms with Crippen molar-refractivity contribution in [2.75, 3.05) is 20.2 Å². The highest BCUT2D eigenvalue weighted by Gasteiger charge is 2.34. The molecule has 150 valence electrons. The van der Waals surface area contributed by atoms with Crippen LogP contribution in [0.25, 0.3) is 0 Å². The standard InChI is InChI=1S/C21H22F3NO3/c1-28-18-7-3-5-16(13-18)19(25-10-8-14(9-11-25)20(26)27)15-4-2-6-17(12-15)21(22,23)24/h2-7,12-14,19H,8-11H2,1H3,(H,26,27). The van der Waals surface area contributed by atoms with E-state index in [1.54, 1.807) is 18.2 Å². The molecule has 0 radical (unpaired) electrons. The molecule has 0 spiro atoms. The van der Waals surface area contributed by atoms with Crippen LogP contribution in [0.5, 0.6) is 5.75 Å². The molecular weight excluding hydrogens is 371 g/mol. The number of carboxylic acid groups (broad SMARTS) is 1. The highest BCUT2D eigenvalue weighted by Crippen LogP contribution is 2.37. The van der Waals surface area contributed by atoms with E-state index in [1.807, 2.05) is 17.0 Å². The summed E-state index contributed by atoms with van der Waals surface area (Å²) >= 11 is 0. The summed E-state index contributed by atoms with van der Waals surface area (Å²) in [6, 6.07) is 12.2. The van der Waals surface area contributed by atoms with Gasteiger partial charge in [0.15, 0.2) is 0 Å². The fourth-order valence-electron chi connectivity index (χ4n) is 3.72. The van der Waals surface area contributed by atoms with E-state index < -0.39 is 29.7 Å². The number of piperidine rings is 1. The van der Waals surface area contributed by atoms with E-state index in [9.17, 15) is 23.1 Å². The lowest BCUT2D eigenvalue weighted by Gasteiger charge is -2.37. The molecule has 1 fully saturated rings. The Hall–Kier alpha value is -2.54. The Bertz CT molecular complexity index is 830. The molecule has 0 bridgehead atoms. The molecule has 1 aliphatic rings. The number of hydrogen-bond acceptors (Lipinski definition) is 3. The van der Waals surface area contributed by atoms with Crippen molar-refractivity contribution in [2.45, 2.75) is 25.1 Å². The fourth-order valence-corrected chi connectivity index (χ4v) is 3.72. The normalized spacial score (nSPS) is 17.3. The molecule has 1 N–H and O–H groups in total. The number of aliphatic carboxylic acids is 1. The van der Waals surface area contributed by atoms with Gasteiger partial charge in [0.2, 0.25) is 0 Å². The SMILES string of the molecule is COc1cccc(C(c2cccc(C(F)(F)F)c2)N2CCC(C(=O)O)CC2)c1. The third-order valence-corrected chi connectivity index (χ3v) is 5.18. The molecule has 1 saturated heterocycles. The number of benzene rings is 2. The van der Waals surface area contributed by atoms with E-state index in [0.717, 1.165) is 11.6 Å². The highest BCUT2D eigenvalue weighted by molar-refractivity contribution is 5.70. The molecule has 1 unspecified atom stereocenters. The van der Waals surface area contributed by atoms with E-state index >= 15 is 0 Å². The molecule has 3 rings (SSSR count). The van der Waals surface area contributed by atoms with Crippen molar-refractivity contribution in [1.29, 1.82) is 0 Å². The van der Waals surface area contributed by atoms with Crippen LogP contribution in [0.4, 0.5) is 13.2 Å². The van der Waals surface area contributed by atoms with Crippen molar-refractivity contribution in [3.63, 3.8) is 0 Å². The van der Waals surface area contributed by atoms with Gasteiger partial charge < -0.3 is 9.84 Å². The molecule has 1 atom stereocenters. The summed E-state index contributed by atoms with van der Waals surface area (Å²) in [4.78, 5) is 13.3. The number of carboxylic acids is 1. The van der Waals surface area contributed by atoms with Crippen molar-refractivity contribution in [3.05, 3.63) is 65.2 Å². The summed E-state index contributed by atoms with van der Waals surface area (Å²) in [5.74, 6) is -0.615. The number of ether oxygens (including phenoxy) is 1. The summed E-state index contributed by atoms with van der Waals surface area (Å²) in [5.41, 5.74) is 0.641. The zero-order chi connectivity index (χ0) is 20.3. The summed E-state index contributed by atoms with van der Waals surface area (Å²) in [6.07, 6.45) is -3.49. The van der Waals surface area contributed by atoms with Crippen molar-refractivity contribution < 1.29 is 27.8 Å². The van der Waals surface area contributed by atoms with Crippen LogP contribution >= 0.6 is 0 Å². The molecule has 0 aliphatic carbocycles. The molecule has 2 aromatic carbocycles. The van der Waals surface area contributed by atoms with E-state index in [1.165, 1.54) is 19.2 Å². The first-order chi connectivity index (χ1) is 13.3. The first-order valence-corrected chi connectivity index (χ1v) is 9.07. The highest BCUT2D eigenvalue weighted by atomic mass is 19.4. The average Bonchev–Trinajstić information content (AvgIpc) is 2.68. The number of methoxy groups -OCH3 is 1. The fraction of sp³-hybridized carbons (Fsp3) is 0.381. The Morgan fingerprint density at radius 2 is 1.71 bits per heavy atom. The van der Waals surface area contributed by atoms with Gasteiger partial charge in [0.05, 0.1) is 24.6 Å². The van der Waals surface area contributed by atoms with Gasteiger partial charge >= 0.3 is 12.1 Å². The third-order valence-electron chi connectivity index (χ3n) is 5.18. The lowest BCUT2D eigenvalue weighted by molar-refractivity contribution is -0.143. The van der Waals surface area contributed by atoms with Crippen LogP contribution in [-0.2, 0) is 11.0 Å². The Morgan fingerprint density at radius 3 is 2.29 bits per heavy atom. The Kier molecular flexibility index (Phi) is 5.93. The summed E-state index contributed by atoms with van der Waals surface area (Å²) in [6.45, 7) is 0.990. The van der Waals surface area contributed by atoms with Crippen molar-refractivity contribution in [3.8, 4) is 5.75 Å². The van der Waals surface area contributed by atoms with Crippen LogP contribution in [-0.4, -0.2) is 36.2 Å². The minimum absolute atomic E-state index is 0.410. The van der Waals surface area contributed by atoms with Gasteiger partial charge in [-0.25, -0.2) is 0 Å². The van der Waals surface area contributed by atoms with Crippen molar-refractivity contribution in [1.82, 2.24) is 4.90 Å². The zero-order valence-electron chi connectivity index (χ0n) is 15.4. The van der Waals surface area contributed by atoms with Gasteiger partial charge in [-0.1, -0.05) is 24.3 Å². The molecule has 1 heterocycles. The second kappa shape index (κ2) is 8.22. The Morgan fingerprint density at radius 1 is 1.11 bits per heavy atom. The molecule has 0 aromatic heterocycles. The number of hydrogen-bond donors (Lipinski definition) is 1. The van der Waals surface area contributed by atoms with Gasteiger partial charge in [0, 0.05) is 0 Å². The number of rotatable bonds is 5. The minimum atomic E-state index is -4.43. The zero-order valence-corrected chi connectivity index (χ0v) is 15.4. The predicted octanol–water partition coefficient (Wildman–Crippen LogP) is 4.60. The second-order valence-corrected chi connectivity index (χ2v) is 6.95. The van der Waals surface area contributed by atoms with Crippen molar-refractivity contribution in [2.24, 2.45) is 5.92 Å². The minimum Gasteiger partial charge on any atom is -0.497 e. The number of carbonyl (C=O) groups is 1. The predicted molar refractivity (Wildman–Crippen MR) is 98.2 cm³/mol. The van der Waals surface area contributed by atoms with Crippen molar-refractivity contribution >= 4 is 5.97 Å². The van der Waals surface area contributed by atoms with Crippen LogP contribution in [0.2, 0.25) is 0 Å². The largest absolute Gasteiger partial charge is 0.497 e. The van der Waals surface area contributed by atoms with Crippen LogP contribution in [0.15, 0.2) is 48.5 Å². The first kappa shape index (κ1) is 20.2. The molecule has 0 amide bonds. The molecule has 0 saturated carbocycles. The van der Waals surface area contributed by atoms with Gasteiger partial charge in [-0.05, 0) is 61.3 Å². The smallest absolute Gasteiger partial charge is 0.416 e. The number of halogens is 3. The number of likely N-dealkylation sites (tertiary alicyclic amines) is 1. The van der Waals surface area contributed by atoms with E-state index in [4.69, 9.17) is 4.74 Å². The molecule has 1 aliphatic heterocycles. The van der Waals surface area contributed by atoms with Gasteiger partial charge in [0.25, 0.3) is 0 Å². The molecule has 7 heteroatoms. The quantitative estimate of drug-likeness (QED) is 0.807. The third kappa shape index (κ3) is 4.47. The molecule has 28 heavy (non-hydrogen) atoms. The topological polar surface area (TPSA) is 49.8 Å². The van der Waals surface area contributed by atoms with Gasteiger partial charge in [-0.15, -0.1) is 0 Å². The van der Waals surface area contributed by atoms with Crippen LogP contribution in [0, 0.1) is 5.92 Å². The summed E-state index contributed by atoms with van der Waals surface area (Å²) in [7, 11) is 1.54. The van der Waals surface area contributed by atoms with Gasteiger partial charge in [-0.3, -0.25) is 9.69 Å². The maximum absolute atomic E-state index is 13.2. The van der Waals surface area contributed by atoms with Crippen LogP contribution < -0.4 is 4.74 Å². The van der Waals surface area contributed by atoms with E-state index in [-0.39, 0.29) is 0 Å². The van der Waals surface area contributed by atoms with E-state index in [0.29, 0.717) is 37.2 Å². The summed E-state index contributed by atoms with van der Waals surface area (Å²) < 4.78 is 45.0. The Balaban J connectivity index is 1.99. The van der Waals surface area contributed by atoms with E-state index in [2.05, 4.69) is 0 Å². The maximum atomic E-state index is 13.2. The number of nitrogens with zero attached hydrogens (tertiary/aromatic N) is 1. The molecule has 2 aromatic rings. The second-order valence-electron chi connectivity index (χ2n) is 6.95. The maximum Gasteiger partial charge on any atom is 0.416 e. The average molecular weight is 393 g/mol. The van der Waals surface area contributed by atoms with Gasteiger partial charge in [0.1, 0.15) is 5.75 Å². The Labute approximate surface area is 161 Å².